The fourth-order valence-corrected chi connectivity index (χ4v) is 3.39. The van der Waals surface area contributed by atoms with E-state index in [2.05, 4.69) is 9.73 Å². The standard InChI is InChI=1S/C19H15F2N3O5S/c1-11-10-23(13-6-7-16(15(25)9-13)29-19(2,20)21)18(30-11)22-17(26)12-4-3-5-14(8-12)24(27)28/h3-10,25H,1-2H3. The van der Waals surface area contributed by atoms with Gasteiger partial charge in [-0.1, -0.05) is 6.07 Å². The van der Waals surface area contributed by atoms with E-state index in [9.17, 15) is 28.8 Å². The summed E-state index contributed by atoms with van der Waals surface area (Å²) in [6.45, 7) is 2.32. The van der Waals surface area contributed by atoms with Gasteiger partial charge in [-0.05, 0) is 25.1 Å². The van der Waals surface area contributed by atoms with Gasteiger partial charge in [0.05, 0.1) is 10.6 Å². The number of phenols is 1. The first kappa shape index (κ1) is 21.1. The van der Waals surface area contributed by atoms with Gasteiger partial charge in [-0.2, -0.15) is 13.8 Å². The van der Waals surface area contributed by atoms with Gasteiger partial charge in [-0.25, -0.2) is 0 Å². The number of rotatable bonds is 5. The predicted octanol–water partition coefficient (Wildman–Crippen LogP) is 4.19. The lowest BCUT2D eigenvalue weighted by molar-refractivity contribution is -0.384. The Morgan fingerprint density at radius 3 is 2.67 bits per heavy atom. The number of carbonyl (C=O) groups excluding carboxylic acids is 1. The Morgan fingerprint density at radius 1 is 1.30 bits per heavy atom. The summed E-state index contributed by atoms with van der Waals surface area (Å²) >= 11 is 1.17. The van der Waals surface area contributed by atoms with E-state index in [1.807, 2.05) is 0 Å². The third-order valence-corrected chi connectivity index (χ3v) is 4.68. The van der Waals surface area contributed by atoms with Crippen molar-refractivity contribution in [1.82, 2.24) is 4.57 Å². The number of ether oxygens (including phenoxy) is 1. The van der Waals surface area contributed by atoms with E-state index in [0.717, 1.165) is 10.9 Å². The summed E-state index contributed by atoms with van der Waals surface area (Å²) in [4.78, 5) is 27.8. The highest BCUT2D eigenvalue weighted by atomic mass is 32.1. The zero-order valence-electron chi connectivity index (χ0n) is 15.7. The first-order chi connectivity index (χ1) is 14.0. The van der Waals surface area contributed by atoms with Crippen molar-refractivity contribution in [3.63, 3.8) is 0 Å². The lowest BCUT2D eigenvalue weighted by Crippen LogP contribution is -2.19. The molecular formula is C19H15F2N3O5S. The lowest BCUT2D eigenvalue weighted by Gasteiger charge is -2.14. The van der Waals surface area contributed by atoms with Crippen molar-refractivity contribution >= 4 is 22.9 Å². The van der Waals surface area contributed by atoms with Crippen LogP contribution in [0.2, 0.25) is 0 Å². The fraction of sp³-hybridized carbons (Fsp3) is 0.158. The molecule has 30 heavy (non-hydrogen) atoms. The molecule has 0 atom stereocenters. The minimum atomic E-state index is -3.46. The van der Waals surface area contributed by atoms with E-state index in [1.54, 1.807) is 13.1 Å². The molecule has 156 valence electrons. The molecule has 0 unspecified atom stereocenters. The van der Waals surface area contributed by atoms with Crippen molar-refractivity contribution < 1.29 is 28.3 Å². The number of non-ortho nitro benzene ring substituents is 1. The molecular weight excluding hydrogens is 420 g/mol. The van der Waals surface area contributed by atoms with E-state index < -0.39 is 28.4 Å². The molecule has 0 bridgehead atoms. The Morgan fingerprint density at radius 2 is 2.03 bits per heavy atom. The minimum Gasteiger partial charge on any atom is -0.504 e. The second kappa shape index (κ2) is 8.03. The highest BCUT2D eigenvalue weighted by Crippen LogP contribution is 2.32. The summed E-state index contributed by atoms with van der Waals surface area (Å²) in [5.41, 5.74) is 0.160. The van der Waals surface area contributed by atoms with Crippen LogP contribution in [-0.2, 0) is 0 Å². The Kier molecular flexibility index (Phi) is 5.65. The summed E-state index contributed by atoms with van der Waals surface area (Å²) in [7, 11) is 0. The van der Waals surface area contributed by atoms with Crippen LogP contribution < -0.4 is 9.54 Å². The Balaban J connectivity index is 2.00. The number of aryl methyl sites for hydroxylation is 1. The van der Waals surface area contributed by atoms with Gasteiger partial charge in [-0.3, -0.25) is 19.5 Å². The van der Waals surface area contributed by atoms with Crippen LogP contribution in [0.5, 0.6) is 11.5 Å². The van der Waals surface area contributed by atoms with Gasteiger partial charge in [0.2, 0.25) is 0 Å². The van der Waals surface area contributed by atoms with Crippen LogP contribution in [0.1, 0.15) is 22.2 Å². The maximum atomic E-state index is 13.0. The highest BCUT2D eigenvalue weighted by molar-refractivity contribution is 7.09. The number of carbonyl (C=O) groups is 1. The summed E-state index contributed by atoms with van der Waals surface area (Å²) in [6.07, 6.45) is -1.82. The van der Waals surface area contributed by atoms with Crippen molar-refractivity contribution in [3.8, 4) is 17.2 Å². The summed E-state index contributed by atoms with van der Waals surface area (Å²) in [6, 6.07) is 8.97. The summed E-state index contributed by atoms with van der Waals surface area (Å²) in [5, 5.41) is 20.9. The van der Waals surface area contributed by atoms with Crippen molar-refractivity contribution in [3.05, 3.63) is 74.0 Å². The molecule has 0 aliphatic rings. The first-order valence-corrected chi connectivity index (χ1v) is 9.28. The second-order valence-corrected chi connectivity index (χ2v) is 7.49. The number of nitrogens with zero attached hydrogens (tertiary/aromatic N) is 3. The number of thiazole rings is 1. The van der Waals surface area contributed by atoms with Crippen LogP contribution in [-0.4, -0.2) is 26.6 Å². The minimum absolute atomic E-state index is 0.0403. The molecule has 3 aromatic rings. The molecule has 11 heteroatoms. The van der Waals surface area contributed by atoms with Crippen molar-refractivity contribution in [2.75, 3.05) is 0 Å². The molecule has 0 radical (unpaired) electrons. The Labute approximate surface area is 172 Å². The average molecular weight is 435 g/mol. The molecule has 1 heterocycles. The fourth-order valence-electron chi connectivity index (χ4n) is 2.56. The Bertz CT molecular complexity index is 1200. The predicted molar refractivity (Wildman–Crippen MR) is 104 cm³/mol. The first-order valence-electron chi connectivity index (χ1n) is 8.46. The Hall–Kier alpha value is -3.60. The van der Waals surface area contributed by atoms with Crippen LogP contribution in [0.3, 0.4) is 0 Å². The number of alkyl halides is 2. The van der Waals surface area contributed by atoms with Crippen LogP contribution in [0.25, 0.3) is 5.69 Å². The van der Waals surface area contributed by atoms with Crippen molar-refractivity contribution in [2.45, 2.75) is 20.0 Å². The van der Waals surface area contributed by atoms with E-state index in [4.69, 9.17) is 0 Å². The third kappa shape index (κ3) is 4.87. The van der Waals surface area contributed by atoms with Gasteiger partial charge < -0.3 is 9.84 Å². The number of nitro groups is 1. The van der Waals surface area contributed by atoms with E-state index in [1.165, 1.54) is 52.3 Å². The van der Waals surface area contributed by atoms with Crippen LogP contribution in [0.15, 0.2) is 53.7 Å². The van der Waals surface area contributed by atoms with Gasteiger partial charge in [0.15, 0.2) is 16.3 Å². The number of benzene rings is 2. The number of amides is 1. The van der Waals surface area contributed by atoms with Crippen LogP contribution in [0, 0.1) is 17.0 Å². The topological polar surface area (TPSA) is 107 Å². The summed E-state index contributed by atoms with van der Waals surface area (Å²) in [5.74, 6) is -1.60. The second-order valence-electron chi connectivity index (χ2n) is 6.28. The zero-order chi connectivity index (χ0) is 22.1. The van der Waals surface area contributed by atoms with Gasteiger partial charge in [0.1, 0.15) is 0 Å². The molecule has 0 fully saturated rings. The molecule has 8 nitrogen and oxygen atoms in total. The molecule has 0 spiro atoms. The number of nitro benzene ring substituents is 1. The number of hydrogen-bond donors (Lipinski definition) is 1. The number of aromatic hydroxyl groups is 1. The third-order valence-electron chi connectivity index (χ3n) is 3.78. The highest BCUT2D eigenvalue weighted by Gasteiger charge is 2.25. The van der Waals surface area contributed by atoms with Crippen molar-refractivity contribution in [2.24, 2.45) is 4.99 Å². The maximum absolute atomic E-state index is 13.0. The molecule has 0 aliphatic heterocycles. The molecule has 0 saturated heterocycles. The molecule has 1 N–H and O–H groups in total. The van der Waals surface area contributed by atoms with Crippen molar-refractivity contribution in [1.29, 1.82) is 0 Å². The number of halogens is 2. The SMILES string of the molecule is Cc1cn(-c2ccc(OC(C)(F)F)c(O)c2)c(=NC(=O)c2cccc([N+](=O)[O-])c2)s1. The largest absolute Gasteiger partial charge is 0.504 e. The van der Waals surface area contributed by atoms with E-state index in [-0.39, 0.29) is 16.1 Å². The van der Waals surface area contributed by atoms with Crippen LogP contribution >= 0.6 is 11.3 Å². The molecule has 3 rings (SSSR count). The van der Waals surface area contributed by atoms with Gasteiger partial charge in [0, 0.05) is 41.8 Å². The van der Waals surface area contributed by atoms with Gasteiger partial charge in [-0.15, -0.1) is 11.3 Å². The van der Waals surface area contributed by atoms with E-state index in [0.29, 0.717) is 12.6 Å². The normalized spacial score (nSPS) is 12.1. The molecule has 1 aromatic heterocycles. The monoisotopic (exact) mass is 435 g/mol. The molecule has 0 aliphatic carbocycles. The van der Waals surface area contributed by atoms with Gasteiger partial charge >= 0.3 is 6.11 Å². The lowest BCUT2D eigenvalue weighted by atomic mass is 10.2. The molecule has 2 aromatic carbocycles. The quantitative estimate of drug-likeness (QED) is 0.478. The average Bonchev–Trinajstić information content (AvgIpc) is 3.02. The molecule has 1 amide bonds. The van der Waals surface area contributed by atoms with E-state index >= 15 is 0 Å². The number of aromatic nitrogens is 1. The van der Waals surface area contributed by atoms with Gasteiger partial charge in [0.25, 0.3) is 11.6 Å². The molecule has 0 saturated carbocycles. The number of phenolic OH excluding ortho intramolecular Hbond substituents is 1. The smallest absolute Gasteiger partial charge is 0.395 e. The van der Waals surface area contributed by atoms with Crippen LogP contribution in [0.4, 0.5) is 14.5 Å². The zero-order valence-corrected chi connectivity index (χ0v) is 16.5. The maximum Gasteiger partial charge on any atom is 0.395 e. The summed E-state index contributed by atoms with van der Waals surface area (Å²) < 4.78 is 31.9. The number of hydrogen-bond acceptors (Lipinski definition) is 6.